The van der Waals surface area contributed by atoms with Crippen molar-refractivity contribution in [1.82, 2.24) is 15.1 Å². The van der Waals surface area contributed by atoms with Gasteiger partial charge in [0, 0.05) is 18.2 Å². The van der Waals surface area contributed by atoms with Crippen LogP contribution in [0, 0.1) is 11.7 Å². The molecular formula is C25H33FN4O4. The van der Waals surface area contributed by atoms with Crippen LogP contribution < -0.4 is 9.64 Å². The lowest BCUT2D eigenvalue weighted by molar-refractivity contribution is -0.0216. The number of aliphatic hydroxyl groups is 1. The molecule has 1 aliphatic carbocycles. The number of nitrogens with zero attached hydrogens (tertiary/aromatic N) is 4. The van der Waals surface area contributed by atoms with Gasteiger partial charge in [-0.15, -0.1) is 5.10 Å². The predicted molar refractivity (Wildman–Crippen MR) is 122 cm³/mol. The zero-order valence-electron chi connectivity index (χ0n) is 19.4. The third kappa shape index (κ3) is 4.29. The number of aliphatic hydroxyl groups excluding tert-OH is 1. The molecule has 8 nitrogen and oxygen atoms in total. The highest BCUT2D eigenvalue weighted by molar-refractivity contribution is 5.38. The Bertz CT molecular complexity index is 969. The Morgan fingerprint density at radius 2 is 2.03 bits per heavy atom. The maximum absolute atomic E-state index is 14.2. The van der Waals surface area contributed by atoms with Crippen molar-refractivity contribution in [1.29, 1.82) is 0 Å². The molecule has 1 aromatic carbocycles. The summed E-state index contributed by atoms with van der Waals surface area (Å²) in [5.41, 5.74) is 0.912. The molecular weight excluding hydrogens is 439 g/mol. The Morgan fingerprint density at radius 3 is 2.76 bits per heavy atom. The molecule has 34 heavy (non-hydrogen) atoms. The molecule has 6 rings (SSSR count). The summed E-state index contributed by atoms with van der Waals surface area (Å²) in [6.45, 7) is 4.56. The minimum Gasteiger partial charge on any atom is -0.490 e. The average molecular weight is 473 g/mol. The molecule has 1 saturated carbocycles. The summed E-state index contributed by atoms with van der Waals surface area (Å²) in [4.78, 5) is 4.62. The average Bonchev–Trinajstić information content (AvgIpc) is 3.48. The second kappa shape index (κ2) is 9.09. The van der Waals surface area contributed by atoms with Gasteiger partial charge in [-0.05, 0) is 81.6 Å². The number of ether oxygens (including phenoxy) is 2. The summed E-state index contributed by atoms with van der Waals surface area (Å²) in [6.07, 6.45) is 7.35. The van der Waals surface area contributed by atoms with E-state index in [2.05, 4.69) is 20.0 Å². The minimum atomic E-state index is -0.196. The molecule has 0 radical (unpaired) electrons. The van der Waals surface area contributed by atoms with Gasteiger partial charge in [0.2, 0.25) is 6.39 Å². The fourth-order valence-electron chi connectivity index (χ4n) is 6.25. The van der Waals surface area contributed by atoms with Gasteiger partial charge in [0.1, 0.15) is 17.2 Å². The first-order chi connectivity index (χ1) is 16.6. The van der Waals surface area contributed by atoms with E-state index in [-0.39, 0.29) is 24.1 Å². The van der Waals surface area contributed by atoms with Crippen molar-refractivity contribution in [3.05, 3.63) is 36.0 Å². The first-order valence-electron chi connectivity index (χ1n) is 12.6. The molecule has 1 N–H and O–H groups in total. The van der Waals surface area contributed by atoms with Gasteiger partial charge in [-0.1, -0.05) is 5.10 Å². The second-order valence-electron chi connectivity index (χ2n) is 10.5. The lowest BCUT2D eigenvalue weighted by Gasteiger charge is -2.46. The molecule has 0 amide bonds. The van der Waals surface area contributed by atoms with Crippen LogP contribution in [0.4, 0.5) is 10.4 Å². The first kappa shape index (κ1) is 22.2. The summed E-state index contributed by atoms with van der Waals surface area (Å²) < 4.78 is 32.0. The quantitative estimate of drug-likeness (QED) is 0.659. The Kier molecular flexibility index (Phi) is 5.95. The number of anilines is 1. The van der Waals surface area contributed by atoms with Gasteiger partial charge in [-0.2, -0.15) is 0 Å². The first-order valence-corrected chi connectivity index (χ1v) is 12.6. The summed E-state index contributed by atoms with van der Waals surface area (Å²) in [5, 5.41) is 16.9. The summed E-state index contributed by atoms with van der Waals surface area (Å²) >= 11 is 0. The van der Waals surface area contributed by atoms with Crippen LogP contribution in [0.25, 0.3) is 0 Å². The van der Waals surface area contributed by atoms with Crippen LogP contribution in [0.3, 0.4) is 0 Å². The number of benzene rings is 1. The molecule has 0 unspecified atom stereocenters. The van der Waals surface area contributed by atoms with Gasteiger partial charge in [0.25, 0.3) is 0 Å². The molecule has 4 aliphatic rings. The Labute approximate surface area is 199 Å². The number of rotatable bonds is 7. The number of hydrogen-bond acceptors (Lipinski definition) is 8. The highest BCUT2D eigenvalue weighted by atomic mass is 19.1. The summed E-state index contributed by atoms with van der Waals surface area (Å²) in [7, 11) is 0. The van der Waals surface area contributed by atoms with Crippen LogP contribution >= 0.6 is 0 Å². The van der Waals surface area contributed by atoms with Crippen molar-refractivity contribution in [2.45, 2.75) is 62.2 Å². The second-order valence-corrected chi connectivity index (χ2v) is 10.5. The summed E-state index contributed by atoms with van der Waals surface area (Å²) in [5.74, 6) is 1.50. The smallest absolute Gasteiger partial charge is 0.318 e. The summed E-state index contributed by atoms with van der Waals surface area (Å²) in [6, 6.07) is 5.97. The molecule has 0 bridgehead atoms. The van der Waals surface area contributed by atoms with Gasteiger partial charge in [-0.25, -0.2) is 4.39 Å². The molecule has 9 heteroatoms. The van der Waals surface area contributed by atoms with E-state index in [1.54, 1.807) is 12.1 Å². The molecule has 1 spiro atoms. The van der Waals surface area contributed by atoms with Crippen molar-refractivity contribution in [3.63, 3.8) is 0 Å². The Balaban J connectivity index is 1.03. The van der Waals surface area contributed by atoms with Gasteiger partial charge in [0.15, 0.2) is 0 Å². The third-order valence-corrected chi connectivity index (χ3v) is 8.25. The van der Waals surface area contributed by atoms with Gasteiger partial charge in [0.05, 0.1) is 25.8 Å². The fraction of sp³-hybridized carbons (Fsp3) is 0.680. The third-order valence-electron chi connectivity index (χ3n) is 8.25. The van der Waals surface area contributed by atoms with E-state index < -0.39 is 0 Å². The van der Waals surface area contributed by atoms with Crippen molar-refractivity contribution >= 4 is 6.01 Å². The number of halogens is 1. The predicted octanol–water partition coefficient (Wildman–Crippen LogP) is 2.98. The molecule has 2 aromatic rings. The number of likely N-dealkylation sites (tertiary alicyclic amines) is 1. The Morgan fingerprint density at radius 1 is 1.21 bits per heavy atom. The van der Waals surface area contributed by atoms with E-state index in [0.717, 1.165) is 82.6 Å². The standard InChI is InChI=1S/C25H33FN4O4/c26-19-1-2-23(34-21-9-17(10-21)5-8-31)22(11-19)18-3-6-29(7-4-18)20-12-25(33-13-20)14-30(15-25)24-28-27-16-32-24/h1-2,11,16-18,20-21,31H,3-10,12-15H2/t17?,20-,21?/m0/s1. The van der Waals surface area contributed by atoms with Crippen molar-refractivity contribution in [3.8, 4) is 5.75 Å². The van der Waals surface area contributed by atoms with Crippen LogP contribution in [0.5, 0.6) is 5.75 Å². The van der Waals surface area contributed by atoms with E-state index >= 15 is 0 Å². The Hall–Kier alpha value is -2.23. The van der Waals surface area contributed by atoms with Crippen LogP contribution in [-0.2, 0) is 4.74 Å². The SMILES string of the molecule is OCCC1CC(Oc2ccc(F)cc2C2CCN([C@@H]3COC4(C3)CN(c3nnco3)C4)CC2)C1. The normalized spacial score (nSPS) is 29.2. The van der Waals surface area contributed by atoms with E-state index in [4.69, 9.17) is 19.0 Å². The molecule has 4 fully saturated rings. The van der Waals surface area contributed by atoms with E-state index in [1.165, 1.54) is 12.5 Å². The van der Waals surface area contributed by atoms with E-state index in [1.807, 2.05) is 0 Å². The molecule has 4 heterocycles. The van der Waals surface area contributed by atoms with Crippen molar-refractivity contribution < 1.29 is 23.4 Å². The number of hydrogen-bond donors (Lipinski definition) is 1. The van der Waals surface area contributed by atoms with E-state index in [0.29, 0.717) is 23.9 Å². The van der Waals surface area contributed by atoms with Gasteiger partial charge in [-0.3, -0.25) is 4.90 Å². The topological polar surface area (TPSA) is 84.1 Å². The number of aromatic nitrogens is 2. The van der Waals surface area contributed by atoms with Gasteiger partial charge < -0.3 is 23.9 Å². The largest absolute Gasteiger partial charge is 0.490 e. The van der Waals surface area contributed by atoms with Gasteiger partial charge >= 0.3 is 6.01 Å². The monoisotopic (exact) mass is 472 g/mol. The zero-order valence-corrected chi connectivity index (χ0v) is 19.4. The number of piperidine rings is 1. The minimum absolute atomic E-state index is 0.101. The highest BCUT2D eigenvalue weighted by Crippen LogP contribution is 2.42. The molecule has 184 valence electrons. The van der Waals surface area contributed by atoms with E-state index in [9.17, 15) is 4.39 Å². The maximum atomic E-state index is 14.2. The lowest BCUT2D eigenvalue weighted by atomic mass is 9.80. The van der Waals surface area contributed by atoms with Crippen LogP contribution in [0.15, 0.2) is 29.0 Å². The molecule has 1 atom stereocenters. The van der Waals surface area contributed by atoms with Crippen LogP contribution in [0.2, 0.25) is 0 Å². The molecule has 3 saturated heterocycles. The molecule has 1 aromatic heterocycles. The maximum Gasteiger partial charge on any atom is 0.318 e. The fourth-order valence-corrected chi connectivity index (χ4v) is 6.25. The van der Waals surface area contributed by atoms with Crippen molar-refractivity contribution in [2.24, 2.45) is 5.92 Å². The highest BCUT2D eigenvalue weighted by Gasteiger charge is 2.52. The van der Waals surface area contributed by atoms with Crippen LogP contribution in [-0.4, -0.2) is 77.3 Å². The zero-order chi connectivity index (χ0) is 23.1. The molecule has 3 aliphatic heterocycles. The van der Waals surface area contributed by atoms with Crippen LogP contribution in [0.1, 0.15) is 50.0 Å². The van der Waals surface area contributed by atoms with Crippen molar-refractivity contribution in [2.75, 3.05) is 44.3 Å². The lowest BCUT2D eigenvalue weighted by Crippen LogP contribution is -2.62.